The van der Waals surface area contributed by atoms with Gasteiger partial charge in [-0.25, -0.2) is 4.98 Å². The Morgan fingerprint density at radius 1 is 1.53 bits per heavy atom. The largest absolute Gasteiger partial charge is 0.392 e. The third kappa shape index (κ3) is 3.36. The van der Waals surface area contributed by atoms with Gasteiger partial charge in [0.1, 0.15) is 5.82 Å². The van der Waals surface area contributed by atoms with Crippen molar-refractivity contribution in [3.8, 4) is 0 Å². The second-order valence-corrected chi connectivity index (χ2v) is 4.49. The molecule has 0 aromatic carbocycles. The molecule has 84 valence electrons. The van der Waals surface area contributed by atoms with Crippen LogP contribution in [0.25, 0.3) is 0 Å². The van der Waals surface area contributed by atoms with Crippen LogP contribution in [0.3, 0.4) is 0 Å². The second kappa shape index (κ2) is 5.33. The fraction of sp³-hybridized carbons (Fsp3) is 0.545. The van der Waals surface area contributed by atoms with Gasteiger partial charge in [0.15, 0.2) is 0 Å². The molecule has 1 N–H and O–H groups in total. The highest BCUT2D eigenvalue weighted by Crippen LogP contribution is 2.23. The molecular formula is C11H17ClN2O. The Labute approximate surface area is 95.7 Å². The van der Waals surface area contributed by atoms with Gasteiger partial charge in [-0.3, -0.25) is 0 Å². The lowest BCUT2D eigenvalue weighted by Crippen LogP contribution is -2.23. The van der Waals surface area contributed by atoms with Crippen molar-refractivity contribution in [1.82, 2.24) is 4.98 Å². The van der Waals surface area contributed by atoms with E-state index in [2.05, 4.69) is 18.8 Å². The molecular weight excluding hydrogens is 212 g/mol. The summed E-state index contributed by atoms with van der Waals surface area (Å²) in [6.45, 7) is 5.17. The molecule has 0 spiro atoms. The van der Waals surface area contributed by atoms with Crippen LogP contribution in [0.2, 0.25) is 5.02 Å². The number of aromatic nitrogens is 1. The standard InChI is InChI=1S/C11H17ClN2O/c1-8(2)6-14(3)11-10(12)4-9(7-15)5-13-11/h4-5,8,15H,6-7H2,1-3H3. The number of aliphatic hydroxyl groups is 1. The third-order valence-electron chi connectivity index (χ3n) is 2.06. The molecule has 3 nitrogen and oxygen atoms in total. The van der Waals surface area contributed by atoms with E-state index in [1.807, 2.05) is 11.9 Å². The molecule has 1 heterocycles. The van der Waals surface area contributed by atoms with E-state index >= 15 is 0 Å². The minimum Gasteiger partial charge on any atom is -0.392 e. The van der Waals surface area contributed by atoms with E-state index < -0.39 is 0 Å². The Morgan fingerprint density at radius 2 is 2.20 bits per heavy atom. The average molecular weight is 229 g/mol. The zero-order valence-corrected chi connectivity index (χ0v) is 10.1. The number of nitrogens with zero attached hydrogens (tertiary/aromatic N) is 2. The van der Waals surface area contributed by atoms with Crippen molar-refractivity contribution in [1.29, 1.82) is 0 Å². The zero-order valence-electron chi connectivity index (χ0n) is 9.37. The molecule has 0 amide bonds. The normalized spacial score (nSPS) is 10.8. The van der Waals surface area contributed by atoms with E-state index in [0.717, 1.165) is 17.9 Å². The van der Waals surface area contributed by atoms with Gasteiger partial charge in [-0.2, -0.15) is 0 Å². The molecule has 1 aromatic rings. The highest BCUT2D eigenvalue weighted by Gasteiger charge is 2.09. The monoisotopic (exact) mass is 228 g/mol. The van der Waals surface area contributed by atoms with Gasteiger partial charge < -0.3 is 10.0 Å². The molecule has 4 heteroatoms. The van der Waals surface area contributed by atoms with Crippen molar-refractivity contribution in [2.24, 2.45) is 5.92 Å². The molecule has 0 aliphatic heterocycles. The fourth-order valence-corrected chi connectivity index (χ4v) is 1.81. The lowest BCUT2D eigenvalue weighted by Gasteiger charge is -2.21. The van der Waals surface area contributed by atoms with Crippen molar-refractivity contribution in [2.45, 2.75) is 20.5 Å². The molecule has 0 unspecified atom stereocenters. The van der Waals surface area contributed by atoms with E-state index in [1.54, 1.807) is 12.3 Å². The number of aliphatic hydroxyl groups excluding tert-OH is 1. The van der Waals surface area contributed by atoms with Gasteiger partial charge in [-0.15, -0.1) is 0 Å². The Morgan fingerprint density at radius 3 is 2.67 bits per heavy atom. The van der Waals surface area contributed by atoms with Gasteiger partial charge >= 0.3 is 0 Å². The van der Waals surface area contributed by atoms with Crippen molar-refractivity contribution in [2.75, 3.05) is 18.5 Å². The summed E-state index contributed by atoms with van der Waals surface area (Å²) < 4.78 is 0. The Kier molecular flexibility index (Phi) is 4.36. The first-order valence-electron chi connectivity index (χ1n) is 5.01. The SMILES string of the molecule is CC(C)CN(C)c1ncc(CO)cc1Cl. The minimum absolute atomic E-state index is 0.0269. The molecule has 0 radical (unpaired) electrons. The minimum atomic E-state index is -0.0269. The summed E-state index contributed by atoms with van der Waals surface area (Å²) in [6.07, 6.45) is 1.65. The molecule has 0 fully saturated rings. The summed E-state index contributed by atoms with van der Waals surface area (Å²) >= 11 is 6.07. The summed E-state index contributed by atoms with van der Waals surface area (Å²) in [5.74, 6) is 1.33. The molecule has 1 aromatic heterocycles. The summed E-state index contributed by atoms with van der Waals surface area (Å²) in [4.78, 5) is 6.26. The van der Waals surface area contributed by atoms with Crippen LogP contribution in [0.15, 0.2) is 12.3 Å². The molecule has 0 bridgehead atoms. The first-order valence-corrected chi connectivity index (χ1v) is 5.38. The topological polar surface area (TPSA) is 36.4 Å². The summed E-state index contributed by atoms with van der Waals surface area (Å²) in [5, 5.41) is 9.51. The van der Waals surface area contributed by atoms with Crippen LogP contribution in [-0.2, 0) is 6.61 Å². The quantitative estimate of drug-likeness (QED) is 0.859. The molecule has 0 aliphatic rings. The van der Waals surface area contributed by atoms with Crippen LogP contribution in [0, 0.1) is 5.92 Å². The Balaban J connectivity index is 2.85. The van der Waals surface area contributed by atoms with Crippen LogP contribution < -0.4 is 4.90 Å². The van der Waals surface area contributed by atoms with Crippen LogP contribution in [0.5, 0.6) is 0 Å². The summed E-state index contributed by atoms with van der Waals surface area (Å²) in [7, 11) is 1.97. The molecule has 0 saturated carbocycles. The highest BCUT2D eigenvalue weighted by atomic mass is 35.5. The maximum atomic E-state index is 8.92. The van der Waals surface area contributed by atoms with E-state index in [1.165, 1.54) is 0 Å². The average Bonchev–Trinajstić information content (AvgIpc) is 2.16. The van der Waals surface area contributed by atoms with Gasteiger partial charge in [-0.1, -0.05) is 25.4 Å². The number of halogens is 1. The van der Waals surface area contributed by atoms with Crippen molar-refractivity contribution in [3.05, 3.63) is 22.8 Å². The third-order valence-corrected chi connectivity index (χ3v) is 2.34. The molecule has 1 rings (SSSR count). The van der Waals surface area contributed by atoms with E-state index in [-0.39, 0.29) is 6.61 Å². The van der Waals surface area contributed by atoms with Crippen molar-refractivity contribution < 1.29 is 5.11 Å². The zero-order chi connectivity index (χ0) is 11.4. The van der Waals surface area contributed by atoms with Crippen LogP contribution in [0.4, 0.5) is 5.82 Å². The lowest BCUT2D eigenvalue weighted by atomic mass is 10.2. The predicted molar refractivity (Wildman–Crippen MR) is 63.3 cm³/mol. The lowest BCUT2D eigenvalue weighted by molar-refractivity contribution is 0.281. The first kappa shape index (κ1) is 12.3. The van der Waals surface area contributed by atoms with Gasteiger partial charge in [0, 0.05) is 19.8 Å². The number of pyridine rings is 1. The number of hydrogen-bond donors (Lipinski definition) is 1. The highest BCUT2D eigenvalue weighted by molar-refractivity contribution is 6.33. The van der Waals surface area contributed by atoms with Gasteiger partial charge in [-0.05, 0) is 17.5 Å². The van der Waals surface area contributed by atoms with E-state index in [9.17, 15) is 0 Å². The predicted octanol–water partition coefficient (Wildman–Crippen LogP) is 2.32. The van der Waals surface area contributed by atoms with Gasteiger partial charge in [0.2, 0.25) is 0 Å². The summed E-state index contributed by atoms with van der Waals surface area (Å²) in [5.41, 5.74) is 0.738. The molecule has 0 atom stereocenters. The maximum Gasteiger partial charge on any atom is 0.147 e. The maximum absolute atomic E-state index is 8.92. The number of hydrogen-bond acceptors (Lipinski definition) is 3. The van der Waals surface area contributed by atoms with Crippen molar-refractivity contribution >= 4 is 17.4 Å². The fourth-order valence-electron chi connectivity index (χ4n) is 1.47. The van der Waals surface area contributed by atoms with Gasteiger partial charge in [0.25, 0.3) is 0 Å². The van der Waals surface area contributed by atoms with Crippen molar-refractivity contribution in [3.63, 3.8) is 0 Å². The molecule has 0 saturated heterocycles. The number of rotatable bonds is 4. The first-order chi connectivity index (χ1) is 7.04. The Hall–Kier alpha value is -0.800. The molecule has 0 aliphatic carbocycles. The Bertz CT molecular complexity index is 328. The van der Waals surface area contributed by atoms with Crippen LogP contribution in [-0.4, -0.2) is 23.7 Å². The van der Waals surface area contributed by atoms with Crippen LogP contribution >= 0.6 is 11.6 Å². The van der Waals surface area contributed by atoms with E-state index in [0.29, 0.717) is 10.9 Å². The van der Waals surface area contributed by atoms with E-state index in [4.69, 9.17) is 16.7 Å². The summed E-state index contributed by atoms with van der Waals surface area (Å²) in [6, 6.07) is 1.75. The van der Waals surface area contributed by atoms with Gasteiger partial charge in [0.05, 0.1) is 11.6 Å². The smallest absolute Gasteiger partial charge is 0.147 e. The van der Waals surface area contributed by atoms with Crippen LogP contribution in [0.1, 0.15) is 19.4 Å². The number of anilines is 1. The second-order valence-electron chi connectivity index (χ2n) is 4.08. The molecule has 15 heavy (non-hydrogen) atoms.